The molecule has 1 N–H and O–H groups in total. The first-order chi connectivity index (χ1) is 12.9. The van der Waals surface area contributed by atoms with Gasteiger partial charge in [0.25, 0.3) is 5.91 Å². The van der Waals surface area contributed by atoms with E-state index >= 15 is 0 Å². The number of para-hydroxylation sites is 1. The molecule has 0 aromatic heterocycles. The maximum Gasteiger partial charge on any atom is 0.325 e. The normalized spacial score (nSPS) is 30.0. The Kier molecular flexibility index (Phi) is 4.44. The Balaban J connectivity index is 1.49. The van der Waals surface area contributed by atoms with Gasteiger partial charge in [0.1, 0.15) is 12.1 Å². The summed E-state index contributed by atoms with van der Waals surface area (Å²) in [7, 11) is 0. The number of fused-ring (bicyclic) bond motifs is 1. The lowest BCUT2D eigenvalue weighted by Crippen LogP contribution is -2.50. The van der Waals surface area contributed by atoms with Crippen molar-refractivity contribution < 1.29 is 14.4 Å². The van der Waals surface area contributed by atoms with E-state index < -0.39 is 11.6 Å². The number of anilines is 1. The summed E-state index contributed by atoms with van der Waals surface area (Å²) in [4.78, 5) is 41.4. The third-order valence-corrected chi connectivity index (χ3v) is 6.55. The van der Waals surface area contributed by atoms with E-state index in [1.54, 1.807) is 4.90 Å². The number of urea groups is 1. The smallest absolute Gasteiger partial charge is 0.323 e. The van der Waals surface area contributed by atoms with Crippen LogP contribution in [0.4, 0.5) is 10.5 Å². The largest absolute Gasteiger partial charge is 0.325 e. The number of hydrogen-bond acceptors (Lipinski definition) is 3. The van der Waals surface area contributed by atoms with E-state index in [0.29, 0.717) is 18.8 Å². The molecule has 1 saturated carbocycles. The summed E-state index contributed by atoms with van der Waals surface area (Å²) >= 11 is 0. The Labute approximate surface area is 159 Å². The van der Waals surface area contributed by atoms with Crippen LogP contribution in [0.15, 0.2) is 24.3 Å². The van der Waals surface area contributed by atoms with Gasteiger partial charge in [0.05, 0.1) is 0 Å². The third-order valence-electron chi connectivity index (χ3n) is 6.55. The second-order valence-corrected chi connectivity index (χ2v) is 8.20. The van der Waals surface area contributed by atoms with Crippen molar-refractivity contribution in [1.82, 2.24) is 10.2 Å². The van der Waals surface area contributed by atoms with Crippen molar-refractivity contribution in [3.63, 3.8) is 0 Å². The lowest BCUT2D eigenvalue weighted by atomic mass is 9.75. The van der Waals surface area contributed by atoms with E-state index in [1.165, 1.54) is 0 Å². The third kappa shape index (κ3) is 2.91. The van der Waals surface area contributed by atoms with Gasteiger partial charge in [-0.05, 0) is 56.6 Å². The van der Waals surface area contributed by atoms with Gasteiger partial charge in [-0.1, -0.05) is 31.5 Å². The molecule has 1 aromatic carbocycles. The summed E-state index contributed by atoms with van der Waals surface area (Å²) in [6.07, 6.45) is 5.13. The van der Waals surface area contributed by atoms with Gasteiger partial charge in [0, 0.05) is 11.7 Å². The molecule has 1 aromatic rings. The Morgan fingerprint density at radius 1 is 1.22 bits per heavy atom. The van der Waals surface area contributed by atoms with Crippen molar-refractivity contribution in [3.05, 3.63) is 29.8 Å². The molecule has 0 bridgehead atoms. The highest BCUT2D eigenvalue weighted by molar-refractivity contribution is 6.10. The first-order valence-electron chi connectivity index (χ1n) is 9.99. The molecule has 6 heteroatoms. The van der Waals surface area contributed by atoms with E-state index in [1.807, 2.05) is 31.2 Å². The van der Waals surface area contributed by atoms with Crippen LogP contribution in [0.2, 0.25) is 0 Å². The molecule has 1 saturated heterocycles. The number of carbonyl (C=O) groups is 3. The number of benzene rings is 1. The van der Waals surface area contributed by atoms with Crippen LogP contribution in [-0.2, 0) is 16.0 Å². The van der Waals surface area contributed by atoms with Crippen molar-refractivity contribution in [2.45, 2.75) is 64.0 Å². The Morgan fingerprint density at radius 2 is 1.93 bits per heavy atom. The summed E-state index contributed by atoms with van der Waals surface area (Å²) in [6.45, 7) is 3.97. The topological polar surface area (TPSA) is 69.7 Å². The predicted octanol–water partition coefficient (Wildman–Crippen LogP) is 2.86. The summed E-state index contributed by atoms with van der Waals surface area (Å²) in [5.41, 5.74) is 1.22. The molecule has 27 heavy (non-hydrogen) atoms. The van der Waals surface area contributed by atoms with Crippen molar-refractivity contribution in [3.8, 4) is 0 Å². The van der Waals surface area contributed by atoms with Gasteiger partial charge >= 0.3 is 6.03 Å². The van der Waals surface area contributed by atoms with Crippen LogP contribution >= 0.6 is 0 Å². The summed E-state index contributed by atoms with van der Waals surface area (Å²) < 4.78 is 0. The first-order valence-corrected chi connectivity index (χ1v) is 9.99. The standard InChI is InChI=1S/C21H27N3O3/c1-3-15-8-10-21(11-9-15)19(26)23(20(27)22-21)13-18(25)24-14(2)12-16-6-4-5-7-17(16)24/h4-7,14-15H,3,8-13H2,1-2H3,(H,22,27). The first kappa shape index (κ1) is 18.0. The maximum atomic E-state index is 13.0. The minimum atomic E-state index is -0.794. The van der Waals surface area contributed by atoms with Crippen LogP contribution in [0, 0.1) is 5.92 Å². The van der Waals surface area contributed by atoms with Gasteiger partial charge in [0.2, 0.25) is 5.91 Å². The highest BCUT2D eigenvalue weighted by Gasteiger charge is 2.53. The molecular weight excluding hydrogens is 342 g/mol. The molecule has 1 aliphatic carbocycles. The summed E-state index contributed by atoms with van der Waals surface area (Å²) in [5, 5.41) is 2.91. The van der Waals surface area contributed by atoms with Crippen LogP contribution in [0.5, 0.6) is 0 Å². The fourth-order valence-corrected chi connectivity index (χ4v) is 4.89. The maximum absolute atomic E-state index is 13.0. The highest BCUT2D eigenvalue weighted by Crippen LogP contribution is 2.38. The number of nitrogens with zero attached hydrogens (tertiary/aromatic N) is 2. The minimum Gasteiger partial charge on any atom is -0.323 e. The van der Waals surface area contributed by atoms with E-state index in [9.17, 15) is 14.4 Å². The van der Waals surface area contributed by atoms with Crippen LogP contribution in [0.3, 0.4) is 0 Å². The molecule has 4 amide bonds. The van der Waals surface area contributed by atoms with Crippen LogP contribution in [0.25, 0.3) is 0 Å². The molecule has 0 radical (unpaired) electrons. The average Bonchev–Trinajstić information content (AvgIpc) is 3.11. The molecular formula is C21H27N3O3. The fraction of sp³-hybridized carbons (Fsp3) is 0.571. The monoisotopic (exact) mass is 369 g/mol. The van der Waals surface area contributed by atoms with Crippen molar-refractivity contribution in [2.24, 2.45) is 5.92 Å². The molecule has 144 valence electrons. The number of rotatable bonds is 3. The lowest BCUT2D eigenvalue weighted by molar-refractivity contribution is -0.135. The number of carbonyl (C=O) groups excluding carboxylic acids is 3. The summed E-state index contributed by atoms with van der Waals surface area (Å²) in [5.74, 6) is 0.198. The van der Waals surface area contributed by atoms with Gasteiger partial charge in [-0.3, -0.25) is 14.5 Å². The SMILES string of the molecule is CCC1CCC2(CC1)NC(=O)N(CC(=O)N1c3ccccc3CC1C)C2=O. The van der Waals surface area contributed by atoms with Crippen molar-refractivity contribution in [1.29, 1.82) is 0 Å². The molecule has 2 fully saturated rings. The van der Waals surface area contributed by atoms with Crippen molar-refractivity contribution in [2.75, 3.05) is 11.4 Å². The van der Waals surface area contributed by atoms with E-state index in [4.69, 9.17) is 0 Å². The zero-order valence-corrected chi connectivity index (χ0v) is 16.0. The Bertz CT molecular complexity index is 783. The van der Waals surface area contributed by atoms with Crippen molar-refractivity contribution >= 4 is 23.5 Å². The predicted molar refractivity (Wildman–Crippen MR) is 102 cm³/mol. The zero-order chi connectivity index (χ0) is 19.2. The molecule has 2 heterocycles. The number of nitrogens with one attached hydrogen (secondary N) is 1. The van der Waals surface area contributed by atoms with Gasteiger partial charge in [0.15, 0.2) is 0 Å². The second kappa shape index (κ2) is 6.66. The molecule has 1 atom stereocenters. The van der Waals surface area contributed by atoms with E-state index in [0.717, 1.165) is 41.8 Å². The molecule has 3 aliphatic rings. The van der Waals surface area contributed by atoms with Gasteiger partial charge in [-0.2, -0.15) is 0 Å². The molecule has 4 rings (SSSR count). The molecule has 1 unspecified atom stereocenters. The molecule has 1 spiro atoms. The molecule has 6 nitrogen and oxygen atoms in total. The fourth-order valence-electron chi connectivity index (χ4n) is 4.89. The number of imide groups is 1. The zero-order valence-electron chi connectivity index (χ0n) is 16.0. The van der Waals surface area contributed by atoms with Crippen LogP contribution in [-0.4, -0.2) is 40.9 Å². The van der Waals surface area contributed by atoms with Gasteiger partial charge in [-0.25, -0.2) is 4.79 Å². The average molecular weight is 369 g/mol. The van der Waals surface area contributed by atoms with E-state index in [-0.39, 0.29) is 24.4 Å². The Hall–Kier alpha value is -2.37. The number of amides is 4. The van der Waals surface area contributed by atoms with Crippen LogP contribution < -0.4 is 10.2 Å². The minimum absolute atomic E-state index is 0.0321. The molecule has 2 aliphatic heterocycles. The van der Waals surface area contributed by atoms with E-state index in [2.05, 4.69) is 12.2 Å². The summed E-state index contributed by atoms with van der Waals surface area (Å²) in [6, 6.07) is 7.43. The van der Waals surface area contributed by atoms with Gasteiger partial charge in [-0.15, -0.1) is 0 Å². The lowest BCUT2D eigenvalue weighted by Gasteiger charge is -2.34. The quantitative estimate of drug-likeness (QED) is 0.833. The second-order valence-electron chi connectivity index (χ2n) is 8.20. The van der Waals surface area contributed by atoms with Crippen LogP contribution in [0.1, 0.15) is 51.5 Å². The Morgan fingerprint density at radius 3 is 2.63 bits per heavy atom. The number of hydrogen-bond donors (Lipinski definition) is 1. The highest BCUT2D eigenvalue weighted by atomic mass is 16.2. The van der Waals surface area contributed by atoms with Gasteiger partial charge < -0.3 is 10.2 Å².